The monoisotopic (exact) mass is 392 g/mol. The van der Waals surface area contributed by atoms with Crippen molar-refractivity contribution in [1.82, 2.24) is 14.9 Å². The highest BCUT2D eigenvalue weighted by molar-refractivity contribution is 6.02. The van der Waals surface area contributed by atoms with Crippen molar-refractivity contribution in [2.45, 2.75) is 26.3 Å². The number of nitrogens with zero attached hydrogens (tertiary/aromatic N) is 3. The second kappa shape index (κ2) is 7.95. The maximum absolute atomic E-state index is 12.5. The number of para-hydroxylation sites is 4. The lowest BCUT2D eigenvalue weighted by molar-refractivity contribution is -0.125. The molecule has 1 N–H and O–H groups in total. The van der Waals surface area contributed by atoms with Gasteiger partial charge < -0.3 is 14.6 Å². The van der Waals surface area contributed by atoms with E-state index >= 15 is 0 Å². The fourth-order valence-corrected chi connectivity index (χ4v) is 3.69. The average molecular weight is 392 g/mol. The van der Waals surface area contributed by atoms with Gasteiger partial charge in [-0.15, -0.1) is 0 Å². The molecule has 7 heteroatoms. The highest BCUT2D eigenvalue weighted by Crippen LogP contribution is 2.31. The second-order valence-corrected chi connectivity index (χ2v) is 7.32. The highest BCUT2D eigenvalue weighted by atomic mass is 16.5. The van der Waals surface area contributed by atoms with Gasteiger partial charge in [0.2, 0.25) is 5.91 Å². The quantitative estimate of drug-likeness (QED) is 0.700. The molecule has 3 aromatic rings. The van der Waals surface area contributed by atoms with E-state index in [4.69, 9.17) is 9.72 Å². The maximum Gasteiger partial charge on any atom is 0.265 e. The summed E-state index contributed by atoms with van der Waals surface area (Å²) in [7, 11) is 0. The number of carbonyl (C=O) groups is 2. The van der Waals surface area contributed by atoms with Crippen molar-refractivity contribution in [3.63, 3.8) is 0 Å². The number of hydrogen-bond donors (Lipinski definition) is 1. The molecule has 2 aromatic carbocycles. The molecule has 2 amide bonds. The fraction of sp³-hybridized carbons (Fsp3) is 0.318. The number of carbonyl (C=O) groups excluding carboxylic acids is 2. The van der Waals surface area contributed by atoms with Crippen molar-refractivity contribution >= 4 is 28.5 Å². The first-order chi connectivity index (χ1) is 14.0. The highest BCUT2D eigenvalue weighted by Gasteiger charge is 2.26. The summed E-state index contributed by atoms with van der Waals surface area (Å²) in [6, 6.07) is 15.6. The van der Waals surface area contributed by atoms with Crippen LogP contribution >= 0.6 is 0 Å². The van der Waals surface area contributed by atoms with Crippen molar-refractivity contribution < 1.29 is 14.3 Å². The summed E-state index contributed by atoms with van der Waals surface area (Å²) in [5.74, 6) is 1.13. The third-order valence-corrected chi connectivity index (χ3v) is 4.97. The van der Waals surface area contributed by atoms with E-state index < -0.39 is 0 Å². The molecule has 29 heavy (non-hydrogen) atoms. The molecule has 0 atom stereocenters. The molecule has 0 bridgehead atoms. The molecule has 0 aliphatic carbocycles. The Balaban J connectivity index is 1.41. The normalized spacial score (nSPS) is 13.5. The van der Waals surface area contributed by atoms with Crippen molar-refractivity contribution in [1.29, 1.82) is 0 Å². The Labute approximate surface area is 169 Å². The number of anilines is 1. The number of benzene rings is 2. The molecule has 0 saturated heterocycles. The van der Waals surface area contributed by atoms with E-state index in [2.05, 4.69) is 29.8 Å². The average Bonchev–Trinajstić information content (AvgIpc) is 3.08. The molecule has 4 rings (SSSR count). The Hall–Kier alpha value is -3.35. The largest absolute Gasteiger partial charge is 0.482 e. The van der Waals surface area contributed by atoms with Crippen LogP contribution in [0.1, 0.15) is 25.7 Å². The predicted octanol–water partition coefficient (Wildman–Crippen LogP) is 2.70. The van der Waals surface area contributed by atoms with Gasteiger partial charge >= 0.3 is 0 Å². The van der Waals surface area contributed by atoms with Crippen LogP contribution in [0, 0.1) is 0 Å². The van der Waals surface area contributed by atoms with Gasteiger partial charge in [0, 0.05) is 19.0 Å². The number of fused-ring (bicyclic) bond motifs is 2. The molecule has 0 fully saturated rings. The maximum atomic E-state index is 12.5. The van der Waals surface area contributed by atoms with Gasteiger partial charge in [-0.05, 0) is 38.1 Å². The van der Waals surface area contributed by atoms with Gasteiger partial charge in [0.25, 0.3) is 5.91 Å². The van der Waals surface area contributed by atoms with E-state index in [1.165, 1.54) is 4.90 Å². The Morgan fingerprint density at radius 2 is 1.93 bits per heavy atom. The first-order valence-electron chi connectivity index (χ1n) is 9.79. The van der Waals surface area contributed by atoms with Gasteiger partial charge in [0.15, 0.2) is 6.61 Å². The fourth-order valence-electron chi connectivity index (χ4n) is 3.69. The van der Waals surface area contributed by atoms with Crippen LogP contribution in [0.25, 0.3) is 11.0 Å². The zero-order valence-corrected chi connectivity index (χ0v) is 16.6. The Morgan fingerprint density at radius 1 is 1.17 bits per heavy atom. The minimum Gasteiger partial charge on any atom is -0.482 e. The molecule has 150 valence electrons. The zero-order valence-electron chi connectivity index (χ0n) is 16.6. The van der Waals surface area contributed by atoms with Gasteiger partial charge in [-0.1, -0.05) is 24.3 Å². The number of nitrogens with one attached hydrogen (secondary N) is 1. The first kappa shape index (κ1) is 19.0. The molecular formula is C22H24N4O3. The van der Waals surface area contributed by atoms with Gasteiger partial charge in [-0.3, -0.25) is 14.5 Å². The summed E-state index contributed by atoms with van der Waals surface area (Å²) in [6.45, 7) is 4.62. The molecule has 1 aromatic heterocycles. The van der Waals surface area contributed by atoms with Crippen LogP contribution in [-0.4, -0.2) is 41.1 Å². The number of hydrogen-bond acceptors (Lipinski definition) is 4. The number of aromatic nitrogens is 2. The third kappa shape index (κ3) is 3.81. The molecule has 2 heterocycles. The SMILES string of the molecule is CC(C)n1c(CCNC(=O)CN2C(=O)COc3ccccc32)nc2ccccc21. The van der Waals surface area contributed by atoms with Gasteiger partial charge in [0.05, 0.1) is 16.7 Å². The lowest BCUT2D eigenvalue weighted by Crippen LogP contribution is -2.45. The van der Waals surface area contributed by atoms with E-state index in [1.807, 2.05) is 30.3 Å². The third-order valence-electron chi connectivity index (χ3n) is 4.97. The van der Waals surface area contributed by atoms with Gasteiger partial charge in [0.1, 0.15) is 18.1 Å². The van der Waals surface area contributed by atoms with E-state index in [1.54, 1.807) is 12.1 Å². The van der Waals surface area contributed by atoms with Crippen LogP contribution in [0.4, 0.5) is 5.69 Å². The zero-order chi connectivity index (χ0) is 20.4. The van der Waals surface area contributed by atoms with Crippen molar-refractivity contribution in [2.24, 2.45) is 0 Å². The standard InChI is InChI=1S/C22H24N4O3/c1-15(2)26-17-8-4-3-7-16(17)24-20(26)11-12-23-21(27)13-25-18-9-5-6-10-19(18)29-14-22(25)28/h3-10,15H,11-14H2,1-2H3,(H,23,27). The lowest BCUT2D eigenvalue weighted by atomic mass is 10.2. The summed E-state index contributed by atoms with van der Waals surface area (Å²) in [6.07, 6.45) is 0.617. The molecule has 7 nitrogen and oxygen atoms in total. The molecule has 1 aliphatic rings. The van der Waals surface area contributed by atoms with Crippen LogP contribution < -0.4 is 15.0 Å². The van der Waals surface area contributed by atoms with Gasteiger partial charge in [-0.2, -0.15) is 0 Å². The van der Waals surface area contributed by atoms with E-state index in [0.717, 1.165) is 16.9 Å². The Bertz CT molecular complexity index is 1060. The predicted molar refractivity (Wildman–Crippen MR) is 111 cm³/mol. The smallest absolute Gasteiger partial charge is 0.265 e. The van der Waals surface area contributed by atoms with Crippen LogP contribution in [0.2, 0.25) is 0 Å². The first-order valence-corrected chi connectivity index (χ1v) is 9.79. The molecule has 0 unspecified atom stereocenters. The summed E-state index contributed by atoms with van der Waals surface area (Å²) in [5, 5.41) is 2.91. The van der Waals surface area contributed by atoms with E-state index in [-0.39, 0.29) is 31.0 Å². The molecular weight excluding hydrogens is 368 g/mol. The second-order valence-electron chi connectivity index (χ2n) is 7.32. The molecule has 0 radical (unpaired) electrons. The minimum absolute atomic E-state index is 0.0280. The Morgan fingerprint density at radius 3 is 2.76 bits per heavy atom. The molecule has 0 saturated carbocycles. The van der Waals surface area contributed by atoms with Crippen molar-refractivity contribution in [3.05, 3.63) is 54.4 Å². The lowest BCUT2D eigenvalue weighted by Gasteiger charge is -2.28. The summed E-state index contributed by atoms with van der Waals surface area (Å²) < 4.78 is 7.61. The molecule has 1 aliphatic heterocycles. The topological polar surface area (TPSA) is 76.5 Å². The number of amides is 2. The summed E-state index contributed by atoms with van der Waals surface area (Å²) in [5.41, 5.74) is 2.68. The van der Waals surface area contributed by atoms with Crippen molar-refractivity contribution in [2.75, 3.05) is 24.6 Å². The van der Waals surface area contributed by atoms with Crippen LogP contribution in [-0.2, 0) is 16.0 Å². The van der Waals surface area contributed by atoms with Crippen LogP contribution in [0.15, 0.2) is 48.5 Å². The Kier molecular flexibility index (Phi) is 5.20. The van der Waals surface area contributed by atoms with E-state index in [0.29, 0.717) is 24.4 Å². The summed E-state index contributed by atoms with van der Waals surface area (Å²) >= 11 is 0. The van der Waals surface area contributed by atoms with Crippen LogP contribution in [0.3, 0.4) is 0 Å². The minimum atomic E-state index is -0.222. The van der Waals surface area contributed by atoms with Crippen LogP contribution in [0.5, 0.6) is 5.75 Å². The number of rotatable bonds is 6. The number of imidazole rings is 1. The molecule has 0 spiro atoms. The van der Waals surface area contributed by atoms with Crippen molar-refractivity contribution in [3.8, 4) is 5.75 Å². The summed E-state index contributed by atoms with van der Waals surface area (Å²) in [4.78, 5) is 30.9. The van der Waals surface area contributed by atoms with E-state index in [9.17, 15) is 9.59 Å². The van der Waals surface area contributed by atoms with Gasteiger partial charge in [-0.25, -0.2) is 4.98 Å². The number of ether oxygens (including phenoxy) is 1.